The predicted molar refractivity (Wildman–Crippen MR) is 97.2 cm³/mol. The molecule has 1 aromatic carbocycles. The molecule has 0 saturated carbocycles. The molecule has 0 amide bonds. The number of ether oxygens (including phenoxy) is 2. The van der Waals surface area contributed by atoms with Crippen molar-refractivity contribution in [2.24, 2.45) is 0 Å². The number of hydrogen-bond donors (Lipinski definition) is 4. The van der Waals surface area contributed by atoms with Crippen molar-refractivity contribution in [2.75, 3.05) is 32.2 Å². The highest BCUT2D eigenvalue weighted by Crippen LogP contribution is 2.14. The van der Waals surface area contributed by atoms with Gasteiger partial charge in [-0.3, -0.25) is 10.9 Å². The van der Waals surface area contributed by atoms with Crippen molar-refractivity contribution in [1.29, 1.82) is 0 Å². The van der Waals surface area contributed by atoms with Gasteiger partial charge in [-0.2, -0.15) is 0 Å². The molecule has 0 aliphatic rings. The quantitative estimate of drug-likeness (QED) is 0.340. The maximum absolute atomic E-state index is 5.24. The second-order valence-electron chi connectivity index (χ2n) is 4.24. The average Bonchev–Trinajstić information content (AvgIpc) is 2.53. The average molecular weight is 342 g/mol. The first-order chi connectivity index (χ1) is 10.7. The third kappa shape index (κ3) is 7.96. The number of nitrogens with one attached hydrogen (secondary N) is 4. The number of thiocarbonyl (C=S) groups is 2. The van der Waals surface area contributed by atoms with Crippen LogP contribution in [0.15, 0.2) is 24.3 Å². The summed E-state index contributed by atoms with van der Waals surface area (Å²) in [4.78, 5) is 0. The highest BCUT2D eigenvalue weighted by molar-refractivity contribution is 7.80. The highest BCUT2D eigenvalue weighted by atomic mass is 32.1. The van der Waals surface area contributed by atoms with Gasteiger partial charge in [-0.25, -0.2) is 0 Å². The monoisotopic (exact) mass is 342 g/mol. The smallest absolute Gasteiger partial charge is 0.189 e. The van der Waals surface area contributed by atoms with Gasteiger partial charge in [-0.15, -0.1) is 0 Å². The molecule has 0 unspecified atom stereocenters. The Morgan fingerprint density at radius 1 is 1.09 bits per heavy atom. The van der Waals surface area contributed by atoms with Gasteiger partial charge in [0.1, 0.15) is 5.75 Å². The number of hydrazine groups is 1. The number of methoxy groups -OCH3 is 1. The Kier molecular flexibility index (Phi) is 9.20. The minimum Gasteiger partial charge on any atom is -0.497 e. The van der Waals surface area contributed by atoms with Crippen LogP contribution in [-0.4, -0.2) is 37.1 Å². The Morgan fingerprint density at radius 3 is 2.41 bits per heavy atom. The predicted octanol–water partition coefficient (Wildman–Crippen LogP) is 1.79. The lowest BCUT2D eigenvalue weighted by molar-refractivity contribution is 0.145. The van der Waals surface area contributed by atoms with Crippen molar-refractivity contribution in [3.63, 3.8) is 0 Å². The summed E-state index contributed by atoms with van der Waals surface area (Å²) in [6, 6.07) is 7.44. The van der Waals surface area contributed by atoms with Crippen LogP contribution >= 0.6 is 24.4 Å². The Balaban J connectivity index is 2.17. The standard InChI is InChI=1S/C14H22N4O2S2/c1-3-20-10-4-9-15-13(21)17-18-14(22)16-11-5-7-12(19-2)8-6-11/h5-8H,3-4,9-10H2,1-2H3,(H2,15,17,21)(H2,16,18,22). The van der Waals surface area contributed by atoms with Crippen molar-refractivity contribution in [2.45, 2.75) is 13.3 Å². The van der Waals surface area contributed by atoms with Crippen molar-refractivity contribution >= 4 is 40.3 Å². The van der Waals surface area contributed by atoms with E-state index >= 15 is 0 Å². The molecule has 8 heteroatoms. The molecule has 6 nitrogen and oxygen atoms in total. The van der Waals surface area contributed by atoms with E-state index in [4.69, 9.17) is 33.9 Å². The number of rotatable bonds is 7. The van der Waals surface area contributed by atoms with Crippen molar-refractivity contribution in [1.82, 2.24) is 16.2 Å². The molecule has 0 saturated heterocycles. The van der Waals surface area contributed by atoms with E-state index in [2.05, 4.69) is 21.5 Å². The summed E-state index contributed by atoms with van der Waals surface area (Å²) < 4.78 is 10.3. The summed E-state index contributed by atoms with van der Waals surface area (Å²) in [5, 5.41) is 6.98. The van der Waals surface area contributed by atoms with Gasteiger partial charge >= 0.3 is 0 Å². The van der Waals surface area contributed by atoms with E-state index in [1.807, 2.05) is 31.2 Å². The van der Waals surface area contributed by atoms with Gasteiger partial charge in [0.05, 0.1) is 7.11 Å². The molecule has 0 atom stereocenters. The molecule has 0 aliphatic heterocycles. The molecule has 0 heterocycles. The zero-order chi connectivity index (χ0) is 16.2. The molecule has 0 aliphatic carbocycles. The van der Waals surface area contributed by atoms with Gasteiger partial charge in [-0.05, 0) is 62.0 Å². The fraction of sp³-hybridized carbons (Fsp3) is 0.429. The lowest BCUT2D eigenvalue weighted by Crippen LogP contribution is -2.48. The Labute approximate surface area is 141 Å². The largest absolute Gasteiger partial charge is 0.497 e. The van der Waals surface area contributed by atoms with E-state index in [0.29, 0.717) is 10.2 Å². The van der Waals surface area contributed by atoms with Crippen LogP contribution in [-0.2, 0) is 4.74 Å². The van der Waals surface area contributed by atoms with E-state index in [9.17, 15) is 0 Å². The molecule has 0 fully saturated rings. The zero-order valence-electron chi connectivity index (χ0n) is 12.8. The molecule has 0 radical (unpaired) electrons. The van der Waals surface area contributed by atoms with Gasteiger partial charge in [-0.1, -0.05) is 0 Å². The second kappa shape index (κ2) is 11.0. The van der Waals surface area contributed by atoms with E-state index in [1.165, 1.54) is 0 Å². The summed E-state index contributed by atoms with van der Waals surface area (Å²) in [7, 11) is 1.63. The molecule has 4 N–H and O–H groups in total. The molecular weight excluding hydrogens is 320 g/mol. The van der Waals surface area contributed by atoms with Crippen LogP contribution in [0.25, 0.3) is 0 Å². The molecule has 1 aromatic rings. The molecule has 0 aromatic heterocycles. The van der Waals surface area contributed by atoms with Crippen LogP contribution in [0.3, 0.4) is 0 Å². The van der Waals surface area contributed by atoms with Gasteiger partial charge in [0.15, 0.2) is 10.2 Å². The van der Waals surface area contributed by atoms with Crippen molar-refractivity contribution in [3.05, 3.63) is 24.3 Å². The van der Waals surface area contributed by atoms with Gasteiger partial charge in [0, 0.05) is 25.4 Å². The van der Waals surface area contributed by atoms with E-state index in [0.717, 1.165) is 37.6 Å². The van der Waals surface area contributed by atoms with E-state index < -0.39 is 0 Å². The molecule has 1 rings (SSSR count). The zero-order valence-corrected chi connectivity index (χ0v) is 14.4. The van der Waals surface area contributed by atoms with Crippen LogP contribution in [0.4, 0.5) is 5.69 Å². The first kappa shape index (κ1) is 18.4. The van der Waals surface area contributed by atoms with Crippen LogP contribution < -0.4 is 26.2 Å². The minimum atomic E-state index is 0.420. The first-order valence-electron chi connectivity index (χ1n) is 6.98. The van der Waals surface area contributed by atoms with Crippen LogP contribution in [0, 0.1) is 0 Å². The molecule has 0 bridgehead atoms. The number of benzene rings is 1. The van der Waals surface area contributed by atoms with E-state index in [1.54, 1.807) is 7.11 Å². The van der Waals surface area contributed by atoms with Crippen molar-refractivity contribution < 1.29 is 9.47 Å². The van der Waals surface area contributed by atoms with Crippen LogP contribution in [0.2, 0.25) is 0 Å². The highest BCUT2D eigenvalue weighted by Gasteiger charge is 1.99. The summed E-state index contributed by atoms with van der Waals surface area (Å²) in [5.74, 6) is 0.792. The van der Waals surface area contributed by atoms with E-state index in [-0.39, 0.29) is 0 Å². The third-order valence-corrected chi connectivity index (χ3v) is 3.04. The molecule has 22 heavy (non-hydrogen) atoms. The summed E-state index contributed by atoms with van der Waals surface area (Å²) in [6.45, 7) is 4.17. The lowest BCUT2D eigenvalue weighted by Gasteiger charge is -2.14. The van der Waals surface area contributed by atoms with Crippen LogP contribution in [0.5, 0.6) is 5.75 Å². The fourth-order valence-corrected chi connectivity index (χ4v) is 1.84. The molecule has 0 spiro atoms. The summed E-state index contributed by atoms with van der Waals surface area (Å²) in [5.41, 5.74) is 6.49. The van der Waals surface area contributed by atoms with Gasteiger partial charge in [0.25, 0.3) is 0 Å². The normalized spacial score (nSPS) is 9.73. The fourth-order valence-electron chi connectivity index (χ4n) is 1.51. The second-order valence-corrected chi connectivity index (χ2v) is 5.06. The summed E-state index contributed by atoms with van der Waals surface area (Å²) in [6.07, 6.45) is 0.893. The number of anilines is 1. The Hall–Kier alpha value is -1.64. The number of hydrogen-bond acceptors (Lipinski definition) is 4. The van der Waals surface area contributed by atoms with Crippen LogP contribution in [0.1, 0.15) is 13.3 Å². The Bertz CT molecular complexity index is 468. The molecule has 122 valence electrons. The van der Waals surface area contributed by atoms with Crippen molar-refractivity contribution in [3.8, 4) is 5.75 Å². The maximum Gasteiger partial charge on any atom is 0.189 e. The van der Waals surface area contributed by atoms with Gasteiger partial charge < -0.3 is 20.1 Å². The van der Waals surface area contributed by atoms with Gasteiger partial charge in [0.2, 0.25) is 0 Å². The molecular formula is C14H22N4O2S2. The Morgan fingerprint density at radius 2 is 1.77 bits per heavy atom. The SMILES string of the molecule is CCOCCCNC(=S)NNC(=S)Nc1ccc(OC)cc1. The summed E-state index contributed by atoms with van der Waals surface area (Å²) >= 11 is 10.3. The minimum absolute atomic E-state index is 0.420. The maximum atomic E-state index is 5.24. The first-order valence-corrected chi connectivity index (χ1v) is 7.80. The lowest BCUT2D eigenvalue weighted by atomic mass is 10.3. The third-order valence-electron chi connectivity index (χ3n) is 2.59. The topological polar surface area (TPSA) is 66.6 Å².